The SMILES string of the molecule is C=CCn1nnnc1SCC1CCCOC1. The van der Waals surface area contributed by atoms with Crippen LogP contribution in [0.25, 0.3) is 0 Å². The van der Waals surface area contributed by atoms with Gasteiger partial charge in [-0.15, -0.1) is 11.7 Å². The van der Waals surface area contributed by atoms with Crippen LogP contribution in [0.3, 0.4) is 0 Å². The van der Waals surface area contributed by atoms with E-state index in [1.54, 1.807) is 22.5 Å². The second-order valence-electron chi connectivity index (χ2n) is 3.83. The smallest absolute Gasteiger partial charge is 0.209 e. The summed E-state index contributed by atoms with van der Waals surface area (Å²) in [6, 6.07) is 0. The van der Waals surface area contributed by atoms with E-state index in [0.717, 1.165) is 24.1 Å². The number of thioether (sulfide) groups is 1. The number of allylic oxidation sites excluding steroid dienone is 1. The summed E-state index contributed by atoms with van der Waals surface area (Å²) in [6.07, 6.45) is 4.21. The minimum absolute atomic E-state index is 0.632. The van der Waals surface area contributed by atoms with E-state index in [1.807, 2.05) is 0 Å². The molecule has 1 saturated heterocycles. The largest absolute Gasteiger partial charge is 0.381 e. The molecule has 0 aromatic carbocycles. The minimum atomic E-state index is 0.632. The summed E-state index contributed by atoms with van der Waals surface area (Å²) in [5.74, 6) is 1.66. The molecule has 1 aromatic heterocycles. The van der Waals surface area contributed by atoms with Crippen LogP contribution in [0.4, 0.5) is 0 Å². The third-order valence-electron chi connectivity index (χ3n) is 2.50. The van der Waals surface area contributed by atoms with E-state index < -0.39 is 0 Å². The van der Waals surface area contributed by atoms with E-state index >= 15 is 0 Å². The Hall–Kier alpha value is -0.880. The van der Waals surface area contributed by atoms with Crippen LogP contribution in [0.2, 0.25) is 0 Å². The maximum absolute atomic E-state index is 5.44. The average molecular weight is 240 g/mol. The second kappa shape index (κ2) is 6.00. The van der Waals surface area contributed by atoms with Crippen molar-refractivity contribution in [3.63, 3.8) is 0 Å². The van der Waals surface area contributed by atoms with Crippen LogP contribution in [0.5, 0.6) is 0 Å². The molecule has 1 fully saturated rings. The second-order valence-corrected chi connectivity index (χ2v) is 4.81. The van der Waals surface area contributed by atoms with Gasteiger partial charge in [-0.25, -0.2) is 4.68 Å². The molecule has 6 heteroatoms. The van der Waals surface area contributed by atoms with Gasteiger partial charge in [0, 0.05) is 12.4 Å². The van der Waals surface area contributed by atoms with Gasteiger partial charge in [0.1, 0.15) is 0 Å². The Morgan fingerprint density at radius 2 is 2.56 bits per heavy atom. The summed E-state index contributed by atoms with van der Waals surface area (Å²) in [5, 5.41) is 12.4. The Labute approximate surface area is 99.2 Å². The van der Waals surface area contributed by atoms with Gasteiger partial charge in [-0.3, -0.25) is 0 Å². The number of hydrogen-bond donors (Lipinski definition) is 0. The van der Waals surface area contributed by atoms with Gasteiger partial charge < -0.3 is 4.74 Å². The summed E-state index contributed by atoms with van der Waals surface area (Å²) < 4.78 is 7.21. The quantitative estimate of drug-likeness (QED) is 0.575. The lowest BCUT2D eigenvalue weighted by molar-refractivity contribution is 0.0632. The molecule has 1 atom stereocenters. The Morgan fingerprint density at radius 1 is 1.62 bits per heavy atom. The number of tetrazole rings is 1. The van der Waals surface area contributed by atoms with E-state index in [4.69, 9.17) is 4.74 Å². The Morgan fingerprint density at radius 3 is 3.31 bits per heavy atom. The molecule has 0 aliphatic carbocycles. The molecule has 0 saturated carbocycles. The standard InChI is InChI=1S/C10H16N4OS/c1-2-5-14-10(11-12-13-14)16-8-9-4-3-6-15-7-9/h2,9H,1,3-8H2. The van der Waals surface area contributed by atoms with Gasteiger partial charge in [0.15, 0.2) is 0 Å². The first-order valence-electron chi connectivity index (χ1n) is 5.47. The van der Waals surface area contributed by atoms with E-state index in [1.165, 1.54) is 12.8 Å². The van der Waals surface area contributed by atoms with Crippen molar-refractivity contribution in [2.45, 2.75) is 24.5 Å². The minimum Gasteiger partial charge on any atom is -0.381 e. The Balaban J connectivity index is 1.83. The van der Waals surface area contributed by atoms with Gasteiger partial charge in [0.2, 0.25) is 5.16 Å². The molecule has 2 heterocycles. The van der Waals surface area contributed by atoms with Crippen LogP contribution < -0.4 is 0 Å². The normalized spacial score (nSPS) is 20.9. The molecule has 1 aromatic rings. The fourth-order valence-electron chi connectivity index (χ4n) is 1.67. The number of rotatable bonds is 5. The lowest BCUT2D eigenvalue weighted by atomic mass is 10.1. The molecule has 1 aliphatic rings. The van der Waals surface area contributed by atoms with Crippen molar-refractivity contribution in [1.82, 2.24) is 20.2 Å². The van der Waals surface area contributed by atoms with Crippen LogP contribution in [0.1, 0.15) is 12.8 Å². The first-order chi connectivity index (χ1) is 7.90. The average Bonchev–Trinajstić information content (AvgIpc) is 2.76. The van der Waals surface area contributed by atoms with Crippen molar-refractivity contribution < 1.29 is 4.74 Å². The van der Waals surface area contributed by atoms with Gasteiger partial charge in [-0.05, 0) is 29.2 Å². The predicted octanol–water partition coefficient (Wildman–Crippen LogP) is 1.38. The fraction of sp³-hybridized carbons (Fsp3) is 0.700. The molecule has 2 rings (SSSR count). The molecule has 0 amide bonds. The maximum atomic E-state index is 5.44. The highest BCUT2D eigenvalue weighted by molar-refractivity contribution is 7.99. The third-order valence-corrected chi connectivity index (χ3v) is 3.69. The topological polar surface area (TPSA) is 52.8 Å². The van der Waals surface area contributed by atoms with E-state index in [9.17, 15) is 0 Å². The van der Waals surface area contributed by atoms with Crippen molar-refractivity contribution in [1.29, 1.82) is 0 Å². The van der Waals surface area contributed by atoms with Gasteiger partial charge in [-0.2, -0.15) is 0 Å². The predicted molar refractivity (Wildman–Crippen MR) is 62.3 cm³/mol. The van der Waals surface area contributed by atoms with Crippen molar-refractivity contribution in [3.8, 4) is 0 Å². The molecule has 1 unspecified atom stereocenters. The number of hydrogen-bond acceptors (Lipinski definition) is 5. The van der Waals surface area contributed by atoms with Crippen molar-refractivity contribution in [3.05, 3.63) is 12.7 Å². The van der Waals surface area contributed by atoms with Crippen LogP contribution >= 0.6 is 11.8 Å². The van der Waals surface area contributed by atoms with Crippen LogP contribution in [0, 0.1) is 5.92 Å². The summed E-state index contributed by atoms with van der Waals surface area (Å²) >= 11 is 1.70. The lowest BCUT2D eigenvalue weighted by Gasteiger charge is -2.21. The van der Waals surface area contributed by atoms with Crippen molar-refractivity contribution in [2.24, 2.45) is 5.92 Å². The molecule has 88 valence electrons. The number of nitrogens with zero attached hydrogens (tertiary/aromatic N) is 4. The number of ether oxygens (including phenoxy) is 1. The van der Waals surface area contributed by atoms with Gasteiger partial charge >= 0.3 is 0 Å². The van der Waals surface area contributed by atoms with Gasteiger partial charge in [0.05, 0.1) is 13.2 Å². The van der Waals surface area contributed by atoms with E-state index in [0.29, 0.717) is 12.5 Å². The highest BCUT2D eigenvalue weighted by Gasteiger charge is 2.15. The van der Waals surface area contributed by atoms with Crippen molar-refractivity contribution in [2.75, 3.05) is 19.0 Å². The zero-order valence-electron chi connectivity index (χ0n) is 9.21. The number of aromatic nitrogens is 4. The first kappa shape index (κ1) is 11.6. The molecule has 0 spiro atoms. The van der Waals surface area contributed by atoms with Crippen LogP contribution in [-0.2, 0) is 11.3 Å². The molecule has 1 aliphatic heterocycles. The van der Waals surface area contributed by atoms with Gasteiger partial charge in [-0.1, -0.05) is 17.8 Å². The Bertz CT molecular complexity index is 335. The van der Waals surface area contributed by atoms with Crippen LogP contribution in [0.15, 0.2) is 17.8 Å². The molecule has 0 N–H and O–H groups in total. The summed E-state index contributed by atoms with van der Waals surface area (Å²) in [5.41, 5.74) is 0. The Kier molecular flexibility index (Phi) is 4.35. The highest BCUT2D eigenvalue weighted by atomic mass is 32.2. The van der Waals surface area contributed by atoms with E-state index in [2.05, 4.69) is 22.1 Å². The zero-order chi connectivity index (χ0) is 11.2. The first-order valence-corrected chi connectivity index (χ1v) is 6.46. The zero-order valence-corrected chi connectivity index (χ0v) is 10.0. The van der Waals surface area contributed by atoms with Crippen LogP contribution in [-0.4, -0.2) is 39.2 Å². The monoisotopic (exact) mass is 240 g/mol. The van der Waals surface area contributed by atoms with E-state index in [-0.39, 0.29) is 0 Å². The molecule has 0 bridgehead atoms. The van der Waals surface area contributed by atoms with Gasteiger partial charge in [0.25, 0.3) is 0 Å². The maximum Gasteiger partial charge on any atom is 0.209 e. The molecule has 16 heavy (non-hydrogen) atoms. The third kappa shape index (κ3) is 3.05. The highest BCUT2D eigenvalue weighted by Crippen LogP contribution is 2.22. The molecule has 5 nitrogen and oxygen atoms in total. The molecular formula is C10H16N4OS. The summed E-state index contributed by atoms with van der Waals surface area (Å²) in [6.45, 7) is 6.13. The fourth-order valence-corrected chi connectivity index (χ4v) is 2.67. The lowest BCUT2D eigenvalue weighted by Crippen LogP contribution is -2.19. The molecule has 0 radical (unpaired) electrons. The van der Waals surface area contributed by atoms with Crippen molar-refractivity contribution >= 4 is 11.8 Å². The summed E-state index contributed by atoms with van der Waals surface area (Å²) in [4.78, 5) is 0. The summed E-state index contributed by atoms with van der Waals surface area (Å²) in [7, 11) is 0. The molecular weight excluding hydrogens is 224 g/mol.